The van der Waals surface area contributed by atoms with E-state index in [9.17, 15) is 13.2 Å². The van der Waals surface area contributed by atoms with Gasteiger partial charge < -0.3 is 10.2 Å². The number of benzene rings is 2. The summed E-state index contributed by atoms with van der Waals surface area (Å²) in [6, 6.07) is 10.3. The predicted molar refractivity (Wildman–Crippen MR) is 115 cm³/mol. The normalized spacial score (nSPS) is 13.2. The van der Waals surface area contributed by atoms with E-state index in [0.717, 1.165) is 23.8 Å². The van der Waals surface area contributed by atoms with Gasteiger partial charge in [0.05, 0.1) is 10.5 Å². The van der Waals surface area contributed by atoms with Crippen LogP contribution in [0.5, 0.6) is 0 Å². The molecule has 1 heterocycles. The van der Waals surface area contributed by atoms with E-state index in [0.29, 0.717) is 35.9 Å². The van der Waals surface area contributed by atoms with Gasteiger partial charge in [0.25, 0.3) is 5.91 Å². The SMILES string of the molecule is CC.CCNc1ccc(S(C)(=O)=O)cc1C(=O)N1CCc2cc(Cl)ccc2C1. The first kappa shape index (κ1) is 22.2. The van der Waals surface area contributed by atoms with E-state index in [4.69, 9.17) is 11.6 Å². The molecule has 28 heavy (non-hydrogen) atoms. The number of carbonyl (C=O) groups excluding carboxylic acids is 1. The first-order chi connectivity index (χ1) is 13.3. The zero-order valence-electron chi connectivity index (χ0n) is 16.8. The molecular formula is C21H27ClN2O3S. The van der Waals surface area contributed by atoms with Crippen molar-refractivity contribution in [3.8, 4) is 0 Å². The lowest BCUT2D eigenvalue weighted by Gasteiger charge is -2.30. The maximum atomic E-state index is 13.1. The fourth-order valence-corrected chi connectivity index (χ4v) is 3.98. The number of sulfone groups is 1. The molecule has 1 N–H and O–H groups in total. The minimum absolute atomic E-state index is 0.145. The number of fused-ring (bicyclic) bond motifs is 1. The highest BCUT2D eigenvalue weighted by atomic mass is 35.5. The lowest BCUT2D eigenvalue weighted by atomic mass is 9.99. The summed E-state index contributed by atoms with van der Waals surface area (Å²) in [5.74, 6) is -0.174. The molecule has 0 saturated heterocycles. The average Bonchev–Trinajstić information content (AvgIpc) is 2.68. The minimum Gasteiger partial charge on any atom is -0.385 e. The van der Waals surface area contributed by atoms with Gasteiger partial charge in [-0.1, -0.05) is 31.5 Å². The van der Waals surface area contributed by atoms with Crippen LogP contribution in [0.2, 0.25) is 5.02 Å². The van der Waals surface area contributed by atoms with Gasteiger partial charge in [0.15, 0.2) is 9.84 Å². The number of anilines is 1. The summed E-state index contributed by atoms with van der Waals surface area (Å²) in [6.07, 6.45) is 1.87. The molecule has 0 aromatic heterocycles. The average molecular weight is 423 g/mol. The molecule has 0 aliphatic carbocycles. The van der Waals surface area contributed by atoms with Crippen molar-refractivity contribution < 1.29 is 13.2 Å². The number of rotatable bonds is 4. The molecule has 1 aliphatic heterocycles. The summed E-state index contributed by atoms with van der Waals surface area (Å²) in [5, 5.41) is 3.83. The Morgan fingerprint density at radius 3 is 2.50 bits per heavy atom. The molecule has 3 rings (SSSR count). The molecule has 0 saturated carbocycles. The fourth-order valence-electron chi connectivity index (χ4n) is 3.14. The van der Waals surface area contributed by atoms with E-state index < -0.39 is 9.84 Å². The molecule has 2 aromatic rings. The van der Waals surface area contributed by atoms with Gasteiger partial charge in [-0.25, -0.2) is 8.42 Å². The minimum atomic E-state index is -3.39. The molecule has 2 aromatic carbocycles. The second-order valence-electron chi connectivity index (χ2n) is 6.40. The van der Waals surface area contributed by atoms with Crippen LogP contribution in [0.4, 0.5) is 5.69 Å². The van der Waals surface area contributed by atoms with Gasteiger partial charge in [0.2, 0.25) is 0 Å². The maximum absolute atomic E-state index is 13.1. The van der Waals surface area contributed by atoms with Gasteiger partial charge in [-0.15, -0.1) is 0 Å². The quantitative estimate of drug-likeness (QED) is 0.792. The Bertz CT molecular complexity index is 958. The van der Waals surface area contributed by atoms with E-state index in [1.54, 1.807) is 11.0 Å². The maximum Gasteiger partial charge on any atom is 0.256 e. The molecule has 152 valence electrons. The van der Waals surface area contributed by atoms with Crippen molar-refractivity contribution in [3.05, 3.63) is 58.1 Å². The molecular weight excluding hydrogens is 396 g/mol. The van der Waals surface area contributed by atoms with E-state index in [1.165, 1.54) is 12.1 Å². The number of nitrogens with one attached hydrogen (secondary N) is 1. The Labute approximate surface area is 172 Å². The van der Waals surface area contributed by atoms with Crippen molar-refractivity contribution in [3.63, 3.8) is 0 Å². The fraction of sp³-hybridized carbons (Fsp3) is 0.381. The summed E-state index contributed by atoms with van der Waals surface area (Å²) >= 11 is 6.04. The second kappa shape index (κ2) is 9.43. The summed E-state index contributed by atoms with van der Waals surface area (Å²) in [6.45, 7) is 7.63. The van der Waals surface area contributed by atoms with E-state index in [1.807, 2.05) is 39.0 Å². The molecule has 1 aliphatic rings. The molecule has 1 amide bonds. The van der Waals surface area contributed by atoms with Crippen molar-refractivity contribution in [2.45, 2.75) is 38.6 Å². The molecule has 0 fully saturated rings. The zero-order chi connectivity index (χ0) is 20.9. The van der Waals surface area contributed by atoms with Crippen LogP contribution in [0.15, 0.2) is 41.3 Å². The largest absolute Gasteiger partial charge is 0.385 e. The summed E-state index contributed by atoms with van der Waals surface area (Å²) in [5.41, 5.74) is 3.25. The number of hydrogen-bond donors (Lipinski definition) is 1. The van der Waals surface area contributed by atoms with Crippen LogP contribution in [0.1, 0.15) is 42.3 Å². The van der Waals surface area contributed by atoms with Crippen molar-refractivity contribution in [2.75, 3.05) is 24.7 Å². The van der Waals surface area contributed by atoms with E-state index in [-0.39, 0.29) is 10.8 Å². The molecule has 0 bridgehead atoms. The number of hydrogen-bond acceptors (Lipinski definition) is 4. The van der Waals surface area contributed by atoms with Crippen molar-refractivity contribution in [1.29, 1.82) is 0 Å². The van der Waals surface area contributed by atoms with Gasteiger partial charge in [-0.3, -0.25) is 4.79 Å². The Balaban J connectivity index is 0.00000136. The molecule has 0 unspecified atom stereocenters. The third-order valence-corrected chi connectivity index (χ3v) is 5.83. The van der Waals surface area contributed by atoms with Crippen molar-refractivity contribution in [2.24, 2.45) is 0 Å². The van der Waals surface area contributed by atoms with Gasteiger partial charge in [0, 0.05) is 36.6 Å². The van der Waals surface area contributed by atoms with Gasteiger partial charge in [-0.2, -0.15) is 0 Å². The van der Waals surface area contributed by atoms with Gasteiger partial charge in [-0.05, 0) is 54.8 Å². The molecule has 0 spiro atoms. The van der Waals surface area contributed by atoms with Crippen LogP contribution in [0.25, 0.3) is 0 Å². The third-order valence-electron chi connectivity index (χ3n) is 4.48. The molecule has 0 radical (unpaired) electrons. The standard InChI is InChI=1S/C19H21ClN2O3S.C2H6/c1-3-21-18-7-6-16(26(2,24)25)11-17(18)19(23)22-9-8-13-10-15(20)5-4-14(13)12-22;1-2/h4-7,10-11,21H,3,8-9,12H2,1-2H3;1-2H3. The second-order valence-corrected chi connectivity index (χ2v) is 8.85. The van der Waals surface area contributed by atoms with Crippen molar-refractivity contribution >= 4 is 33.0 Å². The first-order valence-electron chi connectivity index (χ1n) is 9.44. The predicted octanol–water partition coefficient (Wildman–Crippen LogP) is 4.40. The number of amides is 1. The lowest BCUT2D eigenvalue weighted by Crippen LogP contribution is -2.36. The highest BCUT2D eigenvalue weighted by Gasteiger charge is 2.25. The zero-order valence-corrected chi connectivity index (χ0v) is 18.3. The van der Waals surface area contributed by atoms with Crippen LogP contribution in [-0.4, -0.2) is 38.6 Å². The van der Waals surface area contributed by atoms with Crippen LogP contribution in [0, 0.1) is 0 Å². The Hall–Kier alpha value is -2.05. The highest BCUT2D eigenvalue weighted by Crippen LogP contribution is 2.27. The third kappa shape index (κ3) is 5.06. The van der Waals surface area contributed by atoms with E-state index >= 15 is 0 Å². The summed E-state index contributed by atoms with van der Waals surface area (Å²) in [7, 11) is -3.39. The van der Waals surface area contributed by atoms with Crippen LogP contribution in [-0.2, 0) is 22.8 Å². The smallest absolute Gasteiger partial charge is 0.256 e. The number of nitrogens with zero attached hydrogens (tertiary/aromatic N) is 1. The highest BCUT2D eigenvalue weighted by molar-refractivity contribution is 7.90. The lowest BCUT2D eigenvalue weighted by molar-refractivity contribution is 0.0735. The van der Waals surface area contributed by atoms with Crippen molar-refractivity contribution in [1.82, 2.24) is 4.90 Å². The topological polar surface area (TPSA) is 66.5 Å². The van der Waals surface area contributed by atoms with E-state index in [2.05, 4.69) is 5.32 Å². The molecule has 0 atom stereocenters. The Kier molecular flexibility index (Phi) is 7.49. The van der Waals surface area contributed by atoms with Crippen LogP contribution < -0.4 is 5.32 Å². The monoisotopic (exact) mass is 422 g/mol. The Morgan fingerprint density at radius 2 is 1.86 bits per heavy atom. The van der Waals surface area contributed by atoms with Crippen LogP contribution in [0.3, 0.4) is 0 Å². The number of carbonyl (C=O) groups is 1. The van der Waals surface area contributed by atoms with Crippen LogP contribution >= 0.6 is 11.6 Å². The Morgan fingerprint density at radius 1 is 1.14 bits per heavy atom. The molecule has 7 heteroatoms. The first-order valence-corrected chi connectivity index (χ1v) is 11.7. The summed E-state index contributed by atoms with van der Waals surface area (Å²) in [4.78, 5) is 15.0. The number of halogens is 1. The van der Waals surface area contributed by atoms with Gasteiger partial charge in [0.1, 0.15) is 0 Å². The summed E-state index contributed by atoms with van der Waals surface area (Å²) < 4.78 is 23.8. The van der Waals surface area contributed by atoms with Gasteiger partial charge >= 0.3 is 0 Å². The molecule has 5 nitrogen and oxygen atoms in total.